The molecular weight excluding hydrogens is 334 g/mol. The maximum absolute atomic E-state index is 12.4. The Bertz CT molecular complexity index is 629. The van der Waals surface area contributed by atoms with Crippen LogP contribution in [0.5, 0.6) is 0 Å². The first-order chi connectivity index (χ1) is 12.3. The number of carboxylic acid groups (broad SMARTS) is 1. The number of rotatable bonds is 10. The monoisotopic (exact) mass is 363 g/mol. The molecule has 0 aliphatic rings. The van der Waals surface area contributed by atoms with Gasteiger partial charge >= 0.3 is 5.97 Å². The van der Waals surface area contributed by atoms with E-state index in [1.165, 1.54) is 0 Å². The number of carbonyl (C=O) groups is 3. The van der Waals surface area contributed by atoms with Crippen LogP contribution in [0.25, 0.3) is 0 Å². The zero-order valence-corrected chi connectivity index (χ0v) is 15.9. The van der Waals surface area contributed by atoms with E-state index in [1.54, 1.807) is 29.2 Å². The van der Waals surface area contributed by atoms with E-state index in [0.29, 0.717) is 30.8 Å². The molecule has 0 spiro atoms. The van der Waals surface area contributed by atoms with Crippen molar-refractivity contribution in [1.82, 2.24) is 10.2 Å². The Hall–Kier alpha value is -2.41. The van der Waals surface area contributed by atoms with Crippen molar-refractivity contribution in [1.29, 1.82) is 0 Å². The molecule has 0 aliphatic carbocycles. The van der Waals surface area contributed by atoms with Crippen LogP contribution in [0.4, 0.5) is 5.69 Å². The molecule has 0 aliphatic heterocycles. The van der Waals surface area contributed by atoms with Gasteiger partial charge in [-0.2, -0.15) is 0 Å². The van der Waals surface area contributed by atoms with Crippen molar-refractivity contribution < 1.29 is 19.5 Å². The van der Waals surface area contributed by atoms with Gasteiger partial charge in [0.15, 0.2) is 0 Å². The third kappa shape index (κ3) is 6.15. The Morgan fingerprint density at radius 2 is 1.81 bits per heavy atom. The molecule has 1 rings (SSSR count). The average molecular weight is 363 g/mol. The third-order valence-corrected chi connectivity index (χ3v) is 4.41. The van der Waals surface area contributed by atoms with E-state index in [1.807, 2.05) is 27.7 Å². The van der Waals surface area contributed by atoms with Gasteiger partial charge in [-0.25, -0.2) is 0 Å². The first-order valence-electron chi connectivity index (χ1n) is 8.99. The third-order valence-electron chi connectivity index (χ3n) is 4.41. The topological polar surface area (TPSA) is 98.7 Å². The van der Waals surface area contributed by atoms with Gasteiger partial charge in [0, 0.05) is 24.3 Å². The Morgan fingerprint density at radius 3 is 2.35 bits per heavy atom. The molecule has 2 amide bonds. The summed E-state index contributed by atoms with van der Waals surface area (Å²) in [5.74, 6) is -1.51. The number of hydrogen-bond acceptors (Lipinski definition) is 4. The summed E-state index contributed by atoms with van der Waals surface area (Å²) in [6, 6.07) is 5.96. The SMILES string of the molecule is CC[C@H](C)[C@H](NCC(=O)Nc1cccc(C(=O)N(CC)CC)c1)C(=O)O. The maximum atomic E-state index is 12.4. The summed E-state index contributed by atoms with van der Waals surface area (Å²) in [4.78, 5) is 37.5. The van der Waals surface area contributed by atoms with E-state index < -0.39 is 12.0 Å². The number of aliphatic carboxylic acids is 1. The number of nitrogens with zero attached hydrogens (tertiary/aromatic N) is 1. The fourth-order valence-corrected chi connectivity index (χ4v) is 2.60. The lowest BCUT2D eigenvalue weighted by molar-refractivity contribution is -0.140. The van der Waals surface area contributed by atoms with Crippen molar-refractivity contribution in [3.8, 4) is 0 Å². The summed E-state index contributed by atoms with van der Waals surface area (Å²) in [6.45, 7) is 8.66. The molecule has 2 atom stereocenters. The highest BCUT2D eigenvalue weighted by Gasteiger charge is 2.23. The van der Waals surface area contributed by atoms with Crippen LogP contribution in [-0.2, 0) is 9.59 Å². The lowest BCUT2D eigenvalue weighted by Crippen LogP contribution is -2.45. The minimum Gasteiger partial charge on any atom is -0.480 e. The van der Waals surface area contributed by atoms with Crippen LogP contribution in [0.15, 0.2) is 24.3 Å². The van der Waals surface area contributed by atoms with Crippen LogP contribution in [0.1, 0.15) is 44.5 Å². The minimum absolute atomic E-state index is 0.0877. The molecule has 144 valence electrons. The smallest absolute Gasteiger partial charge is 0.320 e. The number of carboxylic acids is 1. The highest BCUT2D eigenvalue weighted by molar-refractivity contribution is 5.97. The lowest BCUT2D eigenvalue weighted by Gasteiger charge is -2.20. The molecule has 7 heteroatoms. The van der Waals surface area contributed by atoms with E-state index in [9.17, 15) is 19.5 Å². The van der Waals surface area contributed by atoms with Crippen molar-refractivity contribution in [2.24, 2.45) is 5.92 Å². The zero-order valence-electron chi connectivity index (χ0n) is 15.9. The number of benzene rings is 1. The van der Waals surface area contributed by atoms with E-state index in [4.69, 9.17) is 0 Å². The fourth-order valence-electron chi connectivity index (χ4n) is 2.60. The van der Waals surface area contributed by atoms with E-state index in [-0.39, 0.29) is 24.3 Å². The van der Waals surface area contributed by atoms with Gasteiger partial charge in [-0.3, -0.25) is 19.7 Å². The van der Waals surface area contributed by atoms with Crippen LogP contribution in [-0.4, -0.2) is 53.5 Å². The Morgan fingerprint density at radius 1 is 1.15 bits per heavy atom. The average Bonchev–Trinajstić information content (AvgIpc) is 2.62. The molecule has 0 saturated heterocycles. The minimum atomic E-state index is -0.973. The van der Waals surface area contributed by atoms with E-state index in [2.05, 4.69) is 10.6 Å². The second kappa shape index (κ2) is 10.6. The molecule has 0 heterocycles. The van der Waals surface area contributed by atoms with Crippen molar-refractivity contribution in [3.63, 3.8) is 0 Å². The Labute approximate surface area is 154 Å². The summed E-state index contributed by atoms with van der Waals surface area (Å²) in [5.41, 5.74) is 1.01. The number of nitrogens with one attached hydrogen (secondary N) is 2. The van der Waals surface area contributed by atoms with Crippen molar-refractivity contribution in [2.45, 2.75) is 40.2 Å². The first kappa shape index (κ1) is 21.6. The van der Waals surface area contributed by atoms with Crippen LogP contribution in [0.3, 0.4) is 0 Å². The van der Waals surface area contributed by atoms with Crippen molar-refractivity contribution >= 4 is 23.5 Å². The second-order valence-corrected chi connectivity index (χ2v) is 6.19. The Balaban J connectivity index is 2.71. The highest BCUT2D eigenvalue weighted by atomic mass is 16.4. The molecule has 0 fully saturated rings. The lowest BCUT2D eigenvalue weighted by atomic mass is 9.99. The first-order valence-corrected chi connectivity index (χ1v) is 8.99. The summed E-state index contributed by atoms with van der Waals surface area (Å²) in [6.07, 6.45) is 0.696. The van der Waals surface area contributed by atoms with E-state index in [0.717, 1.165) is 0 Å². The molecule has 0 unspecified atom stereocenters. The summed E-state index contributed by atoms with van der Waals surface area (Å²) < 4.78 is 0. The van der Waals surface area contributed by atoms with E-state index >= 15 is 0 Å². The van der Waals surface area contributed by atoms with Crippen LogP contribution in [0.2, 0.25) is 0 Å². The fraction of sp³-hybridized carbons (Fsp3) is 0.526. The molecule has 0 aromatic heterocycles. The van der Waals surface area contributed by atoms with Gasteiger partial charge in [-0.05, 0) is 38.0 Å². The normalized spacial score (nSPS) is 12.9. The molecule has 0 radical (unpaired) electrons. The molecule has 0 bridgehead atoms. The number of anilines is 1. The van der Waals surface area contributed by atoms with Crippen LogP contribution < -0.4 is 10.6 Å². The van der Waals surface area contributed by atoms with Crippen LogP contribution >= 0.6 is 0 Å². The molecule has 0 saturated carbocycles. The Kier molecular flexibility index (Phi) is 8.78. The van der Waals surface area contributed by atoms with Gasteiger partial charge in [-0.1, -0.05) is 26.3 Å². The van der Waals surface area contributed by atoms with Crippen molar-refractivity contribution in [3.05, 3.63) is 29.8 Å². The van der Waals surface area contributed by atoms with Gasteiger partial charge in [0.05, 0.1) is 6.54 Å². The summed E-state index contributed by atoms with van der Waals surface area (Å²) >= 11 is 0. The molecule has 1 aromatic carbocycles. The largest absolute Gasteiger partial charge is 0.480 e. The molecular formula is C19H29N3O4. The van der Waals surface area contributed by atoms with Gasteiger partial charge in [0.25, 0.3) is 5.91 Å². The second-order valence-electron chi connectivity index (χ2n) is 6.19. The standard InChI is InChI=1S/C19H29N3O4/c1-5-13(4)17(19(25)26)20-12-16(23)21-15-10-8-9-14(11-15)18(24)22(6-2)7-3/h8-11,13,17,20H,5-7,12H2,1-4H3,(H,21,23)(H,25,26)/t13-,17-/m0/s1. The maximum Gasteiger partial charge on any atom is 0.320 e. The number of hydrogen-bond donors (Lipinski definition) is 3. The molecule has 26 heavy (non-hydrogen) atoms. The van der Waals surface area contributed by atoms with Gasteiger partial charge in [-0.15, -0.1) is 0 Å². The van der Waals surface area contributed by atoms with Crippen LogP contribution in [0, 0.1) is 5.92 Å². The predicted octanol–water partition coefficient (Wildman–Crippen LogP) is 2.20. The summed E-state index contributed by atoms with van der Waals surface area (Å²) in [5, 5.41) is 14.7. The quantitative estimate of drug-likeness (QED) is 0.592. The summed E-state index contributed by atoms with van der Waals surface area (Å²) in [7, 11) is 0. The van der Waals surface area contributed by atoms with Crippen molar-refractivity contribution in [2.75, 3.05) is 25.0 Å². The highest BCUT2D eigenvalue weighted by Crippen LogP contribution is 2.13. The molecule has 3 N–H and O–H groups in total. The van der Waals surface area contributed by atoms with Gasteiger partial charge in [0.2, 0.25) is 5.91 Å². The number of carbonyl (C=O) groups excluding carboxylic acids is 2. The van der Waals surface area contributed by atoms with Gasteiger partial charge < -0.3 is 15.3 Å². The molecule has 1 aromatic rings. The molecule has 7 nitrogen and oxygen atoms in total. The van der Waals surface area contributed by atoms with Gasteiger partial charge in [0.1, 0.15) is 6.04 Å². The predicted molar refractivity (Wildman–Crippen MR) is 101 cm³/mol. The zero-order chi connectivity index (χ0) is 19.7. The number of amides is 2.